The van der Waals surface area contributed by atoms with Crippen LogP contribution in [0.4, 0.5) is 0 Å². The predicted molar refractivity (Wildman–Crippen MR) is 93.7 cm³/mol. The molecule has 0 atom stereocenters. The Morgan fingerprint density at radius 1 is 1.48 bits per heavy atom. The van der Waals surface area contributed by atoms with Crippen LogP contribution < -0.4 is 5.32 Å². The molecule has 5 nitrogen and oxygen atoms in total. The summed E-state index contributed by atoms with van der Waals surface area (Å²) in [7, 11) is 0. The van der Waals surface area contributed by atoms with Crippen LogP contribution in [0.25, 0.3) is 0 Å². The minimum atomic E-state index is 0.0299. The second-order valence-corrected chi connectivity index (χ2v) is 7.50. The number of nitrogens with one attached hydrogen (secondary N) is 1. The number of amides is 2. The van der Waals surface area contributed by atoms with E-state index in [9.17, 15) is 9.59 Å². The number of likely N-dealkylation sites (N-methyl/N-ethyl adjacent to an activating group) is 1. The standard InChI is InChI=1S/C16H24ClN3O2S/c1-2-19(11-13-6-7-14(17)23-13)12-15(21)18-8-4-10-20-9-3-5-16(20)22/h6-7H,2-5,8-12H2,1H3,(H,18,21). The van der Waals surface area contributed by atoms with Crippen LogP contribution in [0.1, 0.15) is 31.1 Å². The van der Waals surface area contributed by atoms with E-state index in [0.29, 0.717) is 19.5 Å². The average molecular weight is 358 g/mol. The summed E-state index contributed by atoms with van der Waals surface area (Å²) in [4.78, 5) is 28.6. The third kappa shape index (κ3) is 6.12. The van der Waals surface area contributed by atoms with Crippen molar-refractivity contribution in [3.63, 3.8) is 0 Å². The predicted octanol–water partition coefficient (Wildman–Crippen LogP) is 2.35. The number of carbonyl (C=O) groups excluding carboxylic acids is 2. The first kappa shape index (κ1) is 18.2. The van der Waals surface area contributed by atoms with E-state index >= 15 is 0 Å². The maximum absolute atomic E-state index is 12.0. The van der Waals surface area contributed by atoms with Crippen LogP contribution in [-0.2, 0) is 16.1 Å². The zero-order chi connectivity index (χ0) is 16.7. The third-order valence-corrected chi connectivity index (χ3v) is 5.14. The molecule has 1 aliphatic rings. The lowest BCUT2D eigenvalue weighted by atomic mass is 10.3. The topological polar surface area (TPSA) is 52.7 Å². The minimum absolute atomic E-state index is 0.0299. The molecule has 0 spiro atoms. The molecule has 0 saturated carbocycles. The van der Waals surface area contributed by atoms with Crippen LogP contribution in [0.3, 0.4) is 0 Å². The van der Waals surface area contributed by atoms with Crippen LogP contribution >= 0.6 is 22.9 Å². The highest BCUT2D eigenvalue weighted by molar-refractivity contribution is 7.16. The summed E-state index contributed by atoms with van der Waals surface area (Å²) in [6, 6.07) is 3.88. The van der Waals surface area contributed by atoms with Gasteiger partial charge in [-0.2, -0.15) is 0 Å². The number of hydrogen-bond donors (Lipinski definition) is 1. The summed E-state index contributed by atoms with van der Waals surface area (Å²) in [6.07, 6.45) is 2.44. The first-order valence-corrected chi connectivity index (χ1v) is 9.29. The van der Waals surface area contributed by atoms with Crippen LogP contribution in [-0.4, -0.2) is 54.3 Å². The molecule has 7 heteroatoms. The van der Waals surface area contributed by atoms with E-state index in [1.165, 1.54) is 0 Å². The summed E-state index contributed by atoms with van der Waals surface area (Å²) in [5.74, 6) is 0.269. The maximum atomic E-state index is 12.0. The first-order chi connectivity index (χ1) is 11.1. The Kier molecular flexibility index (Phi) is 7.33. The highest BCUT2D eigenvalue weighted by Crippen LogP contribution is 2.22. The summed E-state index contributed by atoms with van der Waals surface area (Å²) in [5, 5.41) is 2.94. The van der Waals surface area contributed by atoms with Gasteiger partial charge in [0.05, 0.1) is 10.9 Å². The van der Waals surface area contributed by atoms with Crippen molar-refractivity contribution in [2.75, 3.05) is 32.7 Å². The van der Waals surface area contributed by atoms with Crippen molar-refractivity contribution in [1.29, 1.82) is 0 Å². The molecule has 0 aromatic carbocycles. The number of carbonyl (C=O) groups is 2. The smallest absolute Gasteiger partial charge is 0.234 e. The van der Waals surface area contributed by atoms with E-state index in [2.05, 4.69) is 10.2 Å². The normalized spacial score (nSPS) is 14.7. The number of thiophene rings is 1. The monoisotopic (exact) mass is 357 g/mol. The number of likely N-dealkylation sites (tertiary alicyclic amines) is 1. The summed E-state index contributed by atoms with van der Waals surface area (Å²) < 4.78 is 0.775. The van der Waals surface area contributed by atoms with Crippen molar-refractivity contribution in [2.24, 2.45) is 0 Å². The summed E-state index contributed by atoms with van der Waals surface area (Å²) in [6.45, 7) is 6.19. The number of rotatable bonds is 9. The van der Waals surface area contributed by atoms with Crippen molar-refractivity contribution < 1.29 is 9.59 Å². The number of hydrogen-bond acceptors (Lipinski definition) is 4. The largest absolute Gasteiger partial charge is 0.355 e. The molecule has 2 heterocycles. The Morgan fingerprint density at radius 3 is 2.91 bits per heavy atom. The van der Waals surface area contributed by atoms with Gasteiger partial charge in [-0.25, -0.2) is 0 Å². The molecule has 1 aliphatic heterocycles. The van der Waals surface area contributed by atoms with Gasteiger partial charge in [-0.3, -0.25) is 14.5 Å². The van der Waals surface area contributed by atoms with Crippen LogP contribution in [0, 0.1) is 0 Å². The van der Waals surface area contributed by atoms with E-state index < -0.39 is 0 Å². The van der Waals surface area contributed by atoms with Crippen LogP contribution in [0.5, 0.6) is 0 Å². The minimum Gasteiger partial charge on any atom is -0.355 e. The Morgan fingerprint density at radius 2 is 2.30 bits per heavy atom. The highest BCUT2D eigenvalue weighted by Gasteiger charge is 2.19. The van der Waals surface area contributed by atoms with E-state index in [1.807, 2.05) is 24.0 Å². The fourth-order valence-corrected chi connectivity index (χ4v) is 3.76. The second-order valence-electron chi connectivity index (χ2n) is 5.70. The molecular formula is C16H24ClN3O2S. The summed E-state index contributed by atoms with van der Waals surface area (Å²) in [5.41, 5.74) is 0. The lowest BCUT2D eigenvalue weighted by Crippen LogP contribution is -2.38. The Bertz CT molecular complexity index is 535. The SMILES string of the molecule is CCN(CC(=O)NCCCN1CCCC1=O)Cc1ccc(Cl)s1. The molecule has 1 aromatic heterocycles. The molecule has 0 radical (unpaired) electrons. The molecule has 0 aliphatic carbocycles. The zero-order valence-corrected chi connectivity index (χ0v) is 15.1. The van der Waals surface area contributed by atoms with E-state index in [0.717, 1.165) is 48.2 Å². The molecule has 1 saturated heterocycles. The van der Waals surface area contributed by atoms with Gasteiger partial charge in [0.1, 0.15) is 0 Å². The van der Waals surface area contributed by atoms with E-state index in [-0.39, 0.29) is 11.8 Å². The van der Waals surface area contributed by atoms with Crippen LogP contribution in [0.2, 0.25) is 4.34 Å². The molecule has 1 fully saturated rings. The van der Waals surface area contributed by atoms with Gasteiger partial charge in [0, 0.05) is 37.5 Å². The van der Waals surface area contributed by atoms with Crippen molar-refractivity contribution >= 4 is 34.8 Å². The first-order valence-electron chi connectivity index (χ1n) is 8.09. The molecule has 0 unspecified atom stereocenters. The number of halogens is 1. The van der Waals surface area contributed by atoms with Crippen LogP contribution in [0.15, 0.2) is 12.1 Å². The fourth-order valence-electron chi connectivity index (χ4n) is 2.63. The van der Waals surface area contributed by atoms with Crippen molar-refractivity contribution in [3.05, 3.63) is 21.3 Å². The van der Waals surface area contributed by atoms with Crippen molar-refractivity contribution in [2.45, 2.75) is 32.7 Å². The van der Waals surface area contributed by atoms with Gasteiger partial charge in [0.2, 0.25) is 11.8 Å². The Labute approximate surface area is 146 Å². The fraction of sp³-hybridized carbons (Fsp3) is 0.625. The third-order valence-electron chi connectivity index (χ3n) is 3.92. The second kappa shape index (κ2) is 9.25. The molecule has 2 rings (SSSR count). The Balaban J connectivity index is 1.63. The Hall–Kier alpha value is -1.11. The lowest BCUT2D eigenvalue weighted by molar-refractivity contribution is -0.127. The lowest BCUT2D eigenvalue weighted by Gasteiger charge is -2.19. The quantitative estimate of drug-likeness (QED) is 0.690. The van der Waals surface area contributed by atoms with E-state index in [1.54, 1.807) is 11.3 Å². The molecule has 0 bridgehead atoms. The highest BCUT2D eigenvalue weighted by atomic mass is 35.5. The van der Waals surface area contributed by atoms with Crippen molar-refractivity contribution in [3.8, 4) is 0 Å². The van der Waals surface area contributed by atoms with E-state index in [4.69, 9.17) is 11.6 Å². The maximum Gasteiger partial charge on any atom is 0.234 e. The molecule has 1 N–H and O–H groups in total. The molecule has 2 amide bonds. The van der Waals surface area contributed by atoms with Gasteiger partial charge in [-0.15, -0.1) is 11.3 Å². The zero-order valence-electron chi connectivity index (χ0n) is 13.5. The molecule has 128 valence electrons. The van der Waals surface area contributed by atoms with Gasteiger partial charge in [-0.1, -0.05) is 18.5 Å². The summed E-state index contributed by atoms with van der Waals surface area (Å²) >= 11 is 7.48. The van der Waals surface area contributed by atoms with Crippen molar-refractivity contribution in [1.82, 2.24) is 15.1 Å². The van der Waals surface area contributed by atoms with Gasteiger partial charge >= 0.3 is 0 Å². The molecular weight excluding hydrogens is 334 g/mol. The average Bonchev–Trinajstić information content (AvgIpc) is 3.11. The number of nitrogens with zero attached hydrogens (tertiary/aromatic N) is 2. The molecule has 1 aromatic rings. The van der Waals surface area contributed by atoms with Gasteiger partial charge in [0.15, 0.2) is 0 Å². The van der Waals surface area contributed by atoms with Gasteiger partial charge in [0.25, 0.3) is 0 Å². The van der Waals surface area contributed by atoms with Gasteiger partial charge < -0.3 is 10.2 Å². The molecule has 23 heavy (non-hydrogen) atoms. The van der Waals surface area contributed by atoms with Gasteiger partial charge in [-0.05, 0) is 31.5 Å².